The Bertz CT molecular complexity index is 459. The predicted octanol–water partition coefficient (Wildman–Crippen LogP) is 2.62. The second-order valence-corrected chi connectivity index (χ2v) is 4.53. The Balaban J connectivity index is 1.80. The summed E-state index contributed by atoms with van der Waals surface area (Å²) in [5.74, 6) is 0.983. The average Bonchev–Trinajstić information content (AvgIpc) is 2.89. The fourth-order valence-corrected chi connectivity index (χ4v) is 2.11. The van der Waals surface area contributed by atoms with Crippen LogP contribution in [0.4, 0.5) is 0 Å². The first-order valence-corrected chi connectivity index (χ1v) is 6.00. The van der Waals surface area contributed by atoms with Gasteiger partial charge in [-0.25, -0.2) is 0 Å². The van der Waals surface area contributed by atoms with Crippen molar-refractivity contribution in [1.82, 2.24) is 5.32 Å². The van der Waals surface area contributed by atoms with Gasteiger partial charge in [0.15, 0.2) is 5.76 Å². The molecule has 0 saturated heterocycles. The highest BCUT2D eigenvalue weighted by molar-refractivity contribution is 7.09. The highest BCUT2D eigenvalue weighted by Gasteiger charge is 2.08. The van der Waals surface area contributed by atoms with Crippen LogP contribution in [0, 0.1) is 6.92 Å². The van der Waals surface area contributed by atoms with E-state index < -0.39 is 0 Å². The first-order chi connectivity index (χ1) is 7.75. The number of aryl methyl sites for hydroxylation is 1. The maximum Gasteiger partial charge on any atom is 0.287 e. The van der Waals surface area contributed by atoms with Crippen LogP contribution in [0.2, 0.25) is 0 Å². The number of hydrogen-bond acceptors (Lipinski definition) is 3. The molecule has 0 spiro atoms. The molecular formula is C12H13NO2S. The van der Waals surface area contributed by atoms with E-state index in [1.54, 1.807) is 23.5 Å². The van der Waals surface area contributed by atoms with Crippen molar-refractivity contribution in [3.63, 3.8) is 0 Å². The van der Waals surface area contributed by atoms with Crippen molar-refractivity contribution in [3.05, 3.63) is 46.0 Å². The molecule has 0 saturated carbocycles. The molecule has 16 heavy (non-hydrogen) atoms. The van der Waals surface area contributed by atoms with Gasteiger partial charge in [0.2, 0.25) is 0 Å². The first kappa shape index (κ1) is 11.0. The molecule has 2 heterocycles. The van der Waals surface area contributed by atoms with Crippen molar-refractivity contribution in [2.75, 3.05) is 6.54 Å². The minimum absolute atomic E-state index is 0.148. The maximum atomic E-state index is 11.6. The summed E-state index contributed by atoms with van der Waals surface area (Å²) in [5.41, 5.74) is 0. The van der Waals surface area contributed by atoms with E-state index in [1.807, 2.05) is 18.4 Å². The Hall–Kier alpha value is -1.55. The van der Waals surface area contributed by atoms with Crippen LogP contribution in [0.25, 0.3) is 0 Å². The van der Waals surface area contributed by atoms with E-state index in [-0.39, 0.29) is 5.91 Å². The lowest BCUT2D eigenvalue weighted by Crippen LogP contribution is -2.25. The van der Waals surface area contributed by atoms with E-state index in [2.05, 4.69) is 11.4 Å². The van der Waals surface area contributed by atoms with Gasteiger partial charge in [-0.3, -0.25) is 4.79 Å². The van der Waals surface area contributed by atoms with Gasteiger partial charge >= 0.3 is 0 Å². The molecule has 0 aromatic carbocycles. The van der Waals surface area contributed by atoms with Gasteiger partial charge in [0.1, 0.15) is 5.76 Å². The van der Waals surface area contributed by atoms with E-state index in [4.69, 9.17) is 4.42 Å². The third-order valence-electron chi connectivity index (χ3n) is 2.20. The third kappa shape index (κ3) is 2.73. The van der Waals surface area contributed by atoms with Crippen molar-refractivity contribution in [3.8, 4) is 0 Å². The van der Waals surface area contributed by atoms with Crippen molar-refractivity contribution >= 4 is 17.2 Å². The zero-order valence-electron chi connectivity index (χ0n) is 9.03. The monoisotopic (exact) mass is 235 g/mol. The molecule has 2 aromatic rings. The van der Waals surface area contributed by atoms with Crippen LogP contribution < -0.4 is 5.32 Å². The SMILES string of the molecule is Cc1ccc(C(=O)NCCc2cccs2)o1. The first-order valence-electron chi connectivity index (χ1n) is 5.13. The van der Waals surface area contributed by atoms with E-state index in [0.717, 1.165) is 12.2 Å². The Morgan fingerprint density at radius 1 is 1.44 bits per heavy atom. The summed E-state index contributed by atoms with van der Waals surface area (Å²) in [7, 11) is 0. The third-order valence-corrected chi connectivity index (χ3v) is 3.14. The molecule has 0 aliphatic heterocycles. The number of rotatable bonds is 4. The van der Waals surface area contributed by atoms with Crippen molar-refractivity contribution < 1.29 is 9.21 Å². The molecule has 84 valence electrons. The Labute approximate surface area is 98.1 Å². The molecule has 3 nitrogen and oxygen atoms in total. The van der Waals surface area contributed by atoms with E-state index in [9.17, 15) is 4.79 Å². The van der Waals surface area contributed by atoms with Crippen LogP contribution in [0.15, 0.2) is 34.1 Å². The molecule has 0 radical (unpaired) electrons. The van der Waals surface area contributed by atoms with Gasteiger partial charge in [-0.15, -0.1) is 11.3 Å². The van der Waals surface area contributed by atoms with Gasteiger partial charge in [0.05, 0.1) is 0 Å². The summed E-state index contributed by atoms with van der Waals surface area (Å²) in [6.45, 7) is 2.46. The Morgan fingerprint density at radius 3 is 2.94 bits per heavy atom. The largest absolute Gasteiger partial charge is 0.456 e. The molecule has 0 aliphatic rings. The van der Waals surface area contributed by atoms with Crippen molar-refractivity contribution in [2.24, 2.45) is 0 Å². The maximum absolute atomic E-state index is 11.6. The van der Waals surface area contributed by atoms with Gasteiger partial charge < -0.3 is 9.73 Å². The molecule has 0 bridgehead atoms. The molecule has 4 heteroatoms. The van der Waals surface area contributed by atoms with Crippen molar-refractivity contribution in [2.45, 2.75) is 13.3 Å². The van der Waals surface area contributed by atoms with Gasteiger partial charge in [0, 0.05) is 11.4 Å². The minimum Gasteiger partial charge on any atom is -0.456 e. The molecule has 0 atom stereocenters. The van der Waals surface area contributed by atoms with Crippen LogP contribution in [0.1, 0.15) is 21.2 Å². The lowest BCUT2D eigenvalue weighted by Gasteiger charge is -2.01. The van der Waals surface area contributed by atoms with Crippen molar-refractivity contribution in [1.29, 1.82) is 0 Å². The molecule has 2 rings (SSSR count). The summed E-state index contributed by atoms with van der Waals surface area (Å²) < 4.78 is 5.22. The van der Waals surface area contributed by atoms with Gasteiger partial charge in [-0.1, -0.05) is 6.07 Å². The number of carbonyl (C=O) groups excluding carboxylic acids is 1. The standard InChI is InChI=1S/C12H13NO2S/c1-9-4-5-11(15-9)12(14)13-7-6-10-3-2-8-16-10/h2-5,8H,6-7H2,1H3,(H,13,14). The second-order valence-electron chi connectivity index (χ2n) is 3.50. The molecule has 1 N–H and O–H groups in total. The van der Waals surface area contributed by atoms with Gasteiger partial charge in [0.25, 0.3) is 5.91 Å². The highest BCUT2D eigenvalue weighted by atomic mass is 32.1. The van der Waals surface area contributed by atoms with Gasteiger partial charge in [-0.2, -0.15) is 0 Å². The zero-order chi connectivity index (χ0) is 11.4. The summed E-state index contributed by atoms with van der Waals surface area (Å²) in [6, 6.07) is 7.55. The Morgan fingerprint density at radius 2 is 2.31 bits per heavy atom. The Kier molecular flexibility index (Phi) is 3.41. The molecule has 2 aromatic heterocycles. The van der Waals surface area contributed by atoms with Crippen LogP contribution in [-0.2, 0) is 6.42 Å². The fourth-order valence-electron chi connectivity index (χ4n) is 1.40. The lowest BCUT2D eigenvalue weighted by atomic mass is 10.3. The van der Waals surface area contributed by atoms with Crippen LogP contribution in [0.3, 0.4) is 0 Å². The van der Waals surface area contributed by atoms with E-state index in [0.29, 0.717) is 12.3 Å². The molecular weight excluding hydrogens is 222 g/mol. The van der Waals surface area contributed by atoms with Crippen LogP contribution in [-0.4, -0.2) is 12.5 Å². The summed E-state index contributed by atoms with van der Waals surface area (Å²) in [5, 5.41) is 4.86. The molecule has 0 fully saturated rings. The highest BCUT2D eigenvalue weighted by Crippen LogP contribution is 2.09. The van der Waals surface area contributed by atoms with Crippen LogP contribution >= 0.6 is 11.3 Å². The predicted molar refractivity (Wildman–Crippen MR) is 63.8 cm³/mol. The van der Waals surface area contributed by atoms with Crippen LogP contribution in [0.5, 0.6) is 0 Å². The topological polar surface area (TPSA) is 42.2 Å². The number of hydrogen-bond donors (Lipinski definition) is 1. The normalized spacial score (nSPS) is 10.3. The lowest BCUT2D eigenvalue weighted by molar-refractivity contribution is 0.0925. The molecule has 0 unspecified atom stereocenters. The number of carbonyl (C=O) groups is 1. The van der Waals surface area contributed by atoms with E-state index in [1.165, 1.54) is 4.88 Å². The molecule has 0 aliphatic carbocycles. The average molecular weight is 235 g/mol. The summed E-state index contributed by atoms with van der Waals surface area (Å²) in [4.78, 5) is 12.9. The summed E-state index contributed by atoms with van der Waals surface area (Å²) in [6.07, 6.45) is 0.864. The minimum atomic E-state index is -0.148. The summed E-state index contributed by atoms with van der Waals surface area (Å²) >= 11 is 1.70. The number of furan rings is 1. The quantitative estimate of drug-likeness (QED) is 0.885. The second kappa shape index (κ2) is 4.99. The number of thiophene rings is 1. The number of nitrogens with one attached hydrogen (secondary N) is 1. The zero-order valence-corrected chi connectivity index (χ0v) is 9.84. The molecule has 1 amide bonds. The fraction of sp³-hybridized carbons (Fsp3) is 0.250. The smallest absolute Gasteiger partial charge is 0.287 e. The van der Waals surface area contributed by atoms with Gasteiger partial charge in [-0.05, 0) is 36.9 Å². The number of amides is 1. The van der Waals surface area contributed by atoms with E-state index >= 15 is 0 Å².